The minimum absolute atomic E-state index is 0.168. The highest BCUT2D eigenvalue weighted by atomic mass is 19.1. The minimum atomic E-state index is -0.323. The van der Waals surface area contributed by atoms with Crippen molar-refractivity contribution in [3.63, 3.8) is 0 Å². The molecule has 0 bridgehead atoms. The summed E-state index contributed by atoms with van der Waals surface area (Å²) in [7, 11) is 0. The molecule has 0 aliphatic carbocycles. The van der Waals surface area contributed by atoms with E-state index >= 15 is 0 Å². The van der Waals surface area contributed by atoms with Gasteiger partial charge in [-0.2, -0.15) is 0 Å². The van der Waals surface area contributed by atoms with Crippen molar-refractivity contribution in [2.75, 3.05) is 26.3 Å². The zero-order chi connectivity index (χ0) is 17.5. The van der Waals surface area contributed by atoms with Gasteiger partial charge in [0, 0.05) is 31.6 Å². The van der Waals surface area contributed by atoms with Crippen LogP contribution in [0, 0.1) is 5.82 Å². The number of nitrogens with zero attached hydrogens (tertiary/aromatic N) is 5. The number of amides is 1. The van der Waals surface area contributed by atoms with Crippen LogP contribution >= 0.6 is 0 Å². The molecule has 2 heterocycles. The number of halogens is 1. The third-order valence-electron chi connectivity index (χ3n) is 4.06. The van der Waals surface area contributed by atoms with Gasteiger partial charge >= 0.3 is 0 Å². The van der Waals surface area contributed by atoms with E-state index in [0.717, 1.165) is 18.9 Å². The Balaban J connectivity index is 1.46. The molecule has 3 rings (SSSR count). The van der Waals surface area contributed by atoms with E-state index in [9.17, 15) is 9.18 Å². The quantitative estimate of drug-likeness (QED) is 0.777. The summed E-state index contributed by atoms with van der Waals surface area (Å²) in [6, 6.07) is 6.38. The van der Waals surface area contributed by atoms with Gasteiger partial charge < -0.3 is 10.1 Å². The van der Waals surface area contributed by atoms with Crippen LogP contribution in [0.25, 0.3) is 0 Å². The SMILES string of the molecule is O=C(CCn1nnnc1CN1CCOCC1)NCc1ccccc1F. The van der Waals surface area contributed by atoms with E-state index in [-0.39, 0.29) is 24.7 Å². The molecule has 25 heavy (non-hydrogen) atoms. The summed E-state index contributed by atoms with van der Waals surface area (Å²) >= 11 is 0. The fourth-order valence-electron chi connectivity index (χ4n) is 2.60. The van der Waals surface area contributed by atoms with Crippen LogP contribution in [-0.2, 0) is 29.2 Å². The van der Waals surface area contributed by atoms with E-state index in [1.165, 1.54) is 6.07 Å². The van der Waals surface area contributed by atoms with Crippen LogP contribution in [0.1, 0.15) is 17.8 Å². The molecule has 1 saturated heterocycles. The molecule has 1 aromatic carbocycles. The summed E-state index contributed by atoms with van der Waals surface area (Å²) < 4.78 is 20.5. The smallest absolute Gasteiger partial charge is 0.222 e. The van der Waals surface area contributed by atoms with Crippen molar-refractivity contribution >= 4 is 5.91 Å². The number of hydrogen-bond acceptors (Lipinski definition) is 6. The number of carbonyl (C=O) groups is 1. The predicted octanol–water partition coefficient (Wildman–Crippen LogP) is 0.351. The molecule has 0 unspecified atom stereocenters. The van der Waals surface area contributed by atoms with Gasteiger partial charge in [-0.05, 0) is 16.5 Å². The lowest BCUT2D eigenvalue weighted by Gasteiger charge is -2.25. The van der Waals surface area contributed by atoms with Gasteiger partial charge in [-0.15, -0.1) is 5.10 Å². The molecule has 1 fully saturated rings. The number of benzene rings is 1. The third kappa shape index (κ3) is 5.04. The van der Waals surface area contributed by atoms with Crippen LogP contribution in [0.15, 0.2) is 24.3 Å². The summed E-state index contributed by atoms with van der Waals surface area (Å²) in [5.41, 5.74) is 0.464. The van der Waals surface area contributed by atoms with Crippen molar-refractivity contribution in [3.05, 3.63) is 41.5 Å². The fourth-order valence-corrected chi connectivity index (χ4v) is 2.60. The summed E-state index contributed by atoms with van der Waals surface area (Å²) in [5.74, 6) is 0.232. The van der Waals surface area contributed by atoms with Gasteiger partial charge in [0.15, 0.2) is 5.82 Å². The number of carbonyl (C=O) groups excluding carboxylic acids is 1. The predicted molar refractivity (Wildman–Crippen MR) is 86.8 cm³/mol. The summed E-state index contributed by atoms with van der Waals surface area (Å²) in [4.78, 5) is 14.2. The highest BCUT2D eigenvalue weighted by Gasteiger charge is 2.15. The zero-order valence-corrected chi connectivity index (χ0v) is 13.9. The molecule has 1 aliphatic rings. The van der Waals surface area contributed by atoms with Gasteiger partial charge in [0.2, 0.25) is 5.91 Å². The van der Waals surface area contributed by atoms with Crippen LogP contribution in [0.5, 0.6) is 0 Å². The Bertz CT molecular complexity index is 701. The first-order valence-electron chi connectivity index (χ1n) is 8.27. The molecule has 134 valence electrons. The second kappa shape index (κ2) is 8.63. The van der Waals surface area contributed by atoms with Crippen molar-refractivity contribution in [1.29, 1.82) is 0 Å². The average Bonchev–Trinajstić information content (AvgIpc) is 3.07. The number of nitrogens with one attached hydrogen (secondary N) is 1. The Kier molecular flexibility index (Phi) is 6.02. The molecule has 2 aromatic rings. The Labute approximate surface area is 145 Å². The normalized spacial score (nSPS) is 15.2. The van der Waals surface area contributed by atoms with E-state index in [1.807, 2.05) is 0 Å². The first-order valence-corrected chi connectivity index (χ1v) is 8.27. The lowest BCUT2D eigenvalue weighted by atomic mass is 10.2. The molecule has 1 N–H and O–H groups in total. The van der Waals surface area contributed by atoms with Gasteiger partial charge in [0.1, 0.15) is 5.82 Å². The molecular formula is C16H21FN6O2. The second-order valence-electron chi connectivity index (χ2n) is 5.82. The molecule has 0 spiro atoms. The summed E-state index contributed by atoms with van der Waals surface area (Å²) in [5, 5.41) is 14.4. The Hall–Kier alpha value is -2.39. The van der Waals surface area contributed by atoms with E-state index in [2.05, 4.69) is 25.7 Å². The molecule has 9 heteroatoms. The number of tetrazole rings is 1. The monoisotopic (exact) mass is 348 g/mol. The zero-order valence-electron chi connectivity index (χ0n) is 13.9. The number of aryl methyl sites for hydroxylation is 1. The molecule has 1 aliphatic heterocycles. The van der Waals surface area contributed by atoms with Crippen LogP contribution in [0.4, 0.5) is 4.39 Å². The molecule has 1 aromatic heterocycles. The van der Waals surface area contributed by atoms with E-state index < -0.39 is 0 Å². The Morgan fingerprint density at radius 2 is 2.08 bits per heavy atom. The van der Waals surface area contributed by atoms with Crippen molar-refractivity contribution in [1.82, 2.24) is 30.4 Å². The largest absolute Gasteiger partial charge is 0.379 e. The molecule has 0 saturated carbocycles. The third-order valence-corrected chi connectivity index (χ3v) is 4.06. The summed E-state index contributed by atoms with van der Waals surface area (Å²) in [6.45, 7) is 4.29. The maximum absolute atomic E-state index is 13.5. The first kappa shape index (κ1) is 17.4. The molecule has 8 nitrogen and oxygen atoms in total. The highest BCUT2D eigenvalue weighted by molar-refractivity contribution is 5.75. The lowest BCUT2D eigenvalue weighted by molar-refractivity contribution is -0.121. The summed E-state index contributed by atoms with van der Waals surface area (Å²) in [6.07, 6.45) is 0.232. The van der Waals surface area contributed by atoms with Crippen LogP contribution in [0.2, 0.25) is 0 Å². The first-order chi connectivity index (χ1) is 12.2. The van der Waals surface area contributed by atoms with E-state index in [1.54, 1.807) is 22.9 Å². The molecule has 0 atom stereocenters. The van der Waals surface area contributed by atoms with Crippen molar-refractivity contribution in [3.8, 4) is 0 Å². The highest BCUT2D eigenvalue weighted by Crippen LogP contribution is 2.06. The van der Waals surface area contributed by atoms with Gasteiger partial charge in [-0.3, -0.25) is 9.69 Å². The van der Waals surface area contributed by atoms with Crippen LogP contribution < -0.4 is 5.32 Å². The average molecular weight is 348 g/mol. The van der Waals surface area contributed by atoms with E-state index in [0.29, 0.717) is 31.9 Å². The van der Waals surface area contributed by atoms with Gasteiger partial charge in [-0.25, -0.2) is 9.07 Å². The van der Waals surface area contributed by atoms with Gasteiger partial charge in [-0.1, -0.05) is 18.2 Å². The van der Waals surface area contributed by atoms with Crippen molar-refractivity contribution in [2.45, 2.75) is 26.1 Å². The maximum Gasteiger partial charge on any atom is 0.222 e. The Morgan fingerprint density at radius 3 is 2.88 bits per heavy atom. The number of aromatic nitrogens is 4. The molecular weight excluding hydrogens is 327 g/mol. The minimum Gasteiger partial charge on any atom is -0.379 e. The number of rotatable bonds is 7. The van der Waals surface area contributed by atoms with E-state index in [4.69, 9.17) is 4.74 Å². The van der Waals surface area contributed by atoms with Crippen molar-refractivity contribution < 1.29 is 13.9 Å². The van der Waals surface area contributed by atoms with Crippen LogP contribution in [0.3, 0.4) is 0 Å². The number of morpholine rings is 1. The van der Waals surface area contributed by atoms with Crippen LogP contribution in [-0.4, -0.2) is 57.3 Å². The second-order valence-corrected chi connectivity index (χ2v) is 5.82. The molecule has 0 radical (unpaired) electrons. The maximum atomic E-state index is 13.5. The number of ether oxygens (including phenoxy) is 1. The van der Waals surface area contributed by atoms with Gasteiger partial charge in [0.25, 0.3) is 0 Å². The lowest BCUT2D eigenvalue weighted by Crippen LogP contribution is -2.36. The fraction of sp³-hybridized carbons (Fsp3) is 0.500. The standard InChI is InChI=1S/C16H21FN6O2/c17-14-4-2-1-3-13(14)11-18-16(24)5-6-23-15(19-20-21-23)12-22-7-9-25-10-8-22/h1-4H,5-12H2,(H,18,24). The van der Waals surface area contributed by atoms with Crippen molar-refractivity contribution in [2.24, 2.45) is 0 Å². The molecule has 1 amide bonds. The Morgan fingerprint density at radius 1 is 1.28 bits per heavy atom. The number of hydrogen-bond donors (Lipinski definition) is 1. The van der Waals surface area contributed by atoms with Gasteiger partial charge in [0.05, 0.1) is 26.3 Å². The topological polar surface area (TPSA) is 85.2 Å².